The van der Waals surface area contributed by atoms with Gasteiger partial charge < -0.3 is 10.1 Å². The highest BCUT2D eigenvalue weighted by molar-refractivity contribution is 6.22. The molecule has 0 bridgehead atoms. The molecule has 1 aliphatic carbocycles. The van der Waals surface area contributed by atoms with Crippen LogP contribution in [0.2, 0.25) is 0 Å². The van der Waals surface area contributed by atoms with Gasteiger partial charge in [0.25, 0.3) is 0 Å². The van der Waals surface area contributed by atoms with Gasteiger partial charge in [-0.05, 0) is 36.1 Å². The van der Waals surface area contributed by atoms with Gasteiger partial charge >= 0.3 is 5.97 Å². The maximum absolute atomic E-state index is 12.2. The number of hydrogen-bond donors (Lipinski definition) is 1. The second-order valence-corrected chi connectivity index (χ2v) is 8.19. The summed E-state index contributed by atoms with van der Waals surface area (Å²) in [5.74, 6) is -0.596. The summed E-state index contributed by atoms with van der Waals surface area (Å²) in [4.78, 5) is 36.4. The van der Waals surface area contributed by atoms with E-state index < -0.39 is 0 Å². The highest BCUT2D eigenvalue weighted by atomic mass is 16.5. The van der Waals surface area contributed by atoms with E-state index in [2.05, 4.69) is 12.2 Å². The number of benzene rings is 1. The van der Waals surface area contributed by atoms with E-state index in [0.717, 1.165) is 12.8 Å². The Morgan fingerprint density at radius 2 is 1.64 bits per heavy atom. The zero-order valence-electron chi connectivity index (χ0n) is 17.2. The van der Waals surface area contributed by atoms with E-state index in [1.165, 1.54) is 25.5 Å². The number of unbranched alkanes of at least 4 members (excludes halogenated alkanes) is 4. The standard InChI is InChI=1S/C23H31NO4/c1-4-5-6-7-8-13-28-22(27)17-9-11-18(12-10-17)24-16-19-20(25)14-23(2,3)15-21(19)26/h9-12,16,24H,4-8,13-15H2,1-3H3. The smallest absolute Gasteiger partial charge is 0.338 e. The summed E-state index contributed by atoms with van der Waals surface area (Å²) in [5.41, 5.74) is 1.13. The summed E-state index contributed by atoms with van der Waals surface area (Å²) in [5, 5.41) is 2.98. The quantitative estimate of drug-likeness (QED) is 0.278. The Balaban J connectivity index is 1.85. The molecule has 0 heterocycles. The Morgan fingerprint density at radius 1 is 1.04 bits per heavy atom. The second kappa shape index (κ2) is 10.2. The third kappa shape index (κ3) is 6.63. The number of Topliss-reactive ketones (excluding diaryl/α,β-unsaturated/α-hetero) is 2. The topological polar surface area (TPSA) is 72.5 Å². The van der Waals surface area contributed by atoms with E-state index in [0.29, 0.717) is 30.7 Å². The van der Waals surface area contributed by atoms with Gasteiger partial charge in [-0.3, -0.25) is 9.59 Å². The molecule has 28 heavy (non-hydrogen) atoms. The molecule has 1 aromatic rings. The first-order valence-corrected chi connectivity index (χ1v) is 10.1. The number of nitrogens with one attached hydrogen (secondary N) is 1. The summed E-state index contributed by atoms with van der Waals surface area (Å²) >= 11 is 0. The molecule has 0 atom stereocenters. The average Bonchev–Trinajstić information content (AvgIpc) is 2.63. The normalized spacial score (nSPS) is 16.0. The van der Waals surface area contributed by atoms with Crippen molar-refractivity contribution in [3.63, 3.8) is 0 Å². The zero-order chi connectivity index (χ0) is 20.6. The molecule has 0 saturated heterocycles. The Hall–Kier alpha value is -2.43. The van der Waals surface area contributed by atoms with Crippen LogP contribution >= 0.6 is 0 Å². The lowest BCUT2D eigenvalue weighted by Crippen LogP contribution is -2.31. The Morgan fingerprint density at radius 3 is 2.25 bits per heavy atom. The largest absolute Gasteiger partial charge is 0.462 e. The third-order valence-corrected chi connectivity index (χ3v) is 4.86. The molecule has 0 spiro atoms. The number of allylic oxidation sites excluding steroid dienone is 1. The summed E-state index contributed by atoms with van der Waals surface area (Å²) < 4.78 is 5.29. The van der Waals surface area contributed by atoms with Crippen LogP contribution in [0.25, 0.3) is 0 Å². The molecule has 0 unspecified atom stereocenters. The van der Waals surface area contributed by atoms with Crippen LogP contribution in [0.15, 0.2) is 36.0 Å². The number of ether oxygens (including phenoxy) is 1. The fourth-order valence-corrected chi connectivity index (χ4v) is 3.25. The van der Waals surface area contributed by atoms with Crippen molar-refractivity contribution >= 4 is 23.2 Å². The van der Waals surface area contributed by atoms with Gasteiger partial charge in [-0.1, -0.05) is 46.5 Å². The van der Waals surface area contributed by atoms with Gasteiger partial charge in [-0.15, -0.1) is 0 Å². The second-order valence-electron chi connectivity index (χ2n) is 8.19. The maximum Gasteiger partial charge on any atom is 0.338 e. The minimum Gasteiger partial charge on any atom is -0.462 e. The van der Waals surface area contributed by atoms with Gasteiger partial charge in [0.15, 0.2) is 11.6 Å². The van der Waals surface area contributed by atoms with E-state index in [1.54, 1.807) is 24.3 Å². The summed E-state index contributed by atoms with van der Waals surface area (Å²) in [6.45, 7) is 6.46. The van der Waals surface area contributed by atoms with Gasteiger partial charge in [-0.2, -0.15) is 0 Å². The molecular weight excluding hydrogens is 354 g/mol. The van der Waals surface area contributed by atoms with Crippen molar-refractivity contribution in [1.29, 1.82) is 0 Å². The third-order valence-electron chi connectivity index (χ3n) is 4.86. The molecule has 1 aliphatic rings. The lowest BCUT2D eigenvalue weighted by Gasteiger charge is -2.28. The van der Waals surface area contributed by atoms with Crippen molar-refractivity contribution in [1.82, 2.24) is 0 Å². The SMILES string of the molecule is CCCCCCCOC(=O)c1ccc(NC=C2C(=O)CC(C)(C)CC2=O)cc1. The first-order valence-electron chi connectivity index (χ1n) is 10.1. The highest BCUT2D eigenvalue weighted by Crippen LogP contribution is 2.33. The highest BCUT2D eigenvalue weighted by Gasteiger charge is 2.35. The maximum atomic E-state index is 12.2. The van der Waals surface area contributed by atoms with Crippen molar-refractivity contribution in [2.24, 2.45) is 5.41 Å². The molecule has 2 rings (SSSR count). The van der Waals surface area contributed by atoms with Crippen molar-refractivity contribution in [3.8, 4) is 0 Å². The summed E-state index contributed by atoms with van der Waals surface area (Å²) in [6, 6.07) is 6.81. The molecule has 0 aliphatic heterocycles. The molecule has 1 fully saturated rings. The van der Waals surface area contributed by atoms with Gasteiger partial charge in [0.1, 0.15) is 0 Å². The number of esters is 1. The molecule has 5 heteroatoms. The summed E-state index contributed by atoms with van der Waals surface area (Å²) in [7, 11) is 0. The average molecular weight is 386 g/mol. The molecule has 1 aromatic carbocycles. The Labute approximate surface area is 167 Å². The van der Waals surface area contributed by atoms with Crippen molar-refractivity contribution in [2.45, 2.75) is 65.7 Å². The molecule has 5 nitrogen and oxygen atoms in total. The molecular formula is C23H31NO4. The predicted octanol–water partition coefficient (Wildman–Crippen LogP) is 5.07. The fraction of sp³-hybridized carbons (Fsp3) is 0.522. The molecule has 0 aromatic heterocycles. The molecule has 0 radical (unpaired) electrons. The van der Waals surface area contributed by atoms with Crippen LogP contribution in [-0.4, -0.2) is 24.1 Å². The lowest BCUT2D eigenvalue weighted by molar-refractivity contribution is -0.127. The number of carbonyl (C=O) groups excluding carboxylic acids is 3. The minimum atomic E-state index is -0.333. The Kier molecular flexibility index (Phi) is 7.97. The van der Waals surface area contributed by atoms with E-state index in [1.807, 2.05) is 13.8 Å². The minimum absolute atomic E-state index is 0.132. The van der Waals surface area contributed by atoms with E-state index in [4.69, 9.17) is 4.74 Å². The molecule has 1 N–H and O–H groups in total. The van der Waals surface area contributed by atoms with Crippen LogP contribution in [0, 0.1) is 5.41 Å². The molecule has 152 valence electrons. The van der Waals surface area contributed by atoms with E-state index in [-0.39, 0.29) is 28.5 Å². The lowest BCUT2D eigenvalue weighted by atomic mass is 9.74. The van der Waals surface area contributed by atoms with Crippen LogP contribution in [0.1, 0.15) is 76.1 Å². The fourth-order valence-electron chi connectivity index (χ4n) is 3.25. The number of ketones is 2. The Bertz CT molecular complexity index is 709. The van der Waals surface area contributed by atoms with Crippen LogP contribution < -0.4 is 5.32 Å². The van der Waals surface area contributed by atoms with E-state index in [9.17, 15) is 14.4 Å². The molecule has 1 saturated carbocycles. The van der Waals surface area contributed by atoms with Gasteiger partial charge in [0.05, 0.1) is 17.7 Å². The van der Waals surface area contributed by atoms with Crippen LogP contribution in [0.5, 0.6) is 0 Å². The van der Waals surface area contributed by atoms with Crippen LogP contribution in [-0.2, 0) is 14.3 Å². The first kappa shape index (κ1) is 21.9. The van der Waals surface area contributed by atoms with Crippen molar-refractivity contribution in [3.05, 3.63) is 41.6 Å². The predicted molar refractivity (Wildman–Crippen MR) is 110 cm³/mol. The first-order chi connectivity index (χ1) is 13.3. The van der Waals surface area contributed by atoms with E-state index >= 15 is 0 Å². The van der Waals surface area contributed by atoms with Gasteiger partial charge in [0, 0.05) is 24.7 Å². The van der Waals surface area contributed by atoms with Crippen LogP contribution in [0.3, 0.4) is 0 Å². The number of hydrogen-bond acceptors (Lipinski definition) is 5. The zero-order valence-corrected chi connectivity index (χ0v) is 17.2. The number of carbonyl (C=O) groups is 3. The van der Waals surface area contributed by atoms with Crippen molar-refractivity contribution in [2.75, 3.05) is 11.9 Å². The van der Waals surface area contributed by atoms with Crippen molar-refractivity contribution < 1.29 is 19.1 Å². The van der Waals surface area contributed by atoms with Gasteiger partial charge in [-0.25, -0.2) is 4.79 Å². The molecule has 0 amide bonds. The van der Waals surface area contributed by atoms with Gasteiger partial charge in [0.2, 0.25) is 0 Å². The monoisotopic (exact) mass is 385 g/mol. The number of rotatable bonds is 9. The number of anilines is 1. The summed E-state index contributed by atoms with van der Waals surface area (Å²) in [6.07, 6.45) is 7.76. The van der Waals surface area contributed by atoms with Crippen LogP contribution in [0.4, 0.5) is 5.69 Å².